The minimum absolute atomic E-state index is 0.129. The number of hydrogen-bond donors (Lipinski definition) is 0. The van der Waals surface area contributed by atoms with Crippen molar-refractivity contribution in [3.8, 4) is 11.5 Å². The SMILES string of the molecule is O=C1/C(=C/c2ccc(Cl)cc2)Oc2c1ccc1c2CN(Cc2ccco2)CO1. The molecule has 0 radical (unpaired) electrons. The van der Waals surface area contributed by atoms with Gasteiger partial charge in [0.15, 0.2) is 5.76 Å². The van der Waals surface area contributed by atoms with Crippen molar-refractivity contribution in [1.82, 2.24) is 4.90 Å². The van der Waals surface area contributed by atoms with Crippen LogP contribution in [0.4, 0.5) is 0 Å². The lowest BCUT2D eigenvalue weighted by atomic mass is 10.0. The van der Waals surface area contributed by atoms with Gasteiger partial charge in [-0.05, 0) is 48.0 Å². The number of nitrogens with zero attached hydrogens (tertiary/aromatic N) is 1. The first-order valence-corrected chi connectivity index (χ1v) is 9.28. The Labute approximate surface area is 166 Å². The van der Waals surface area contributed by atoms with Gasteiger partial charge in [0.1, 0.15) is 24.0 Å². The molecule has 0 atom stereocenters. The number of allylic oxidation sites excluding steroid dienone is 1. The van der Waals surface area contributed by atoms with Gasteiger partial charge < -0.3 is 13.9 Å². The van der Waals surface area contributed by atoms with Gasteiger partial charge in [0.25, 0.3) is 0 Å². The van der Waals surface area contributed by atoms with E-state index in [1.807, 2.05) is 30.3 Å². The van der Waals surface area contributed by atoms with Crippen molar-refractivity contribution in [3.63, 3.8) is 0 Å². The van der Waals surface area contributed by atoms with Gasteiger partial charge in [0.2, 0.25) is 5.78 Å². The Hall–Kier alpha value is -3.02. The smallest absolute Gasteiger partial charge is 0.231 e. The second kappa shape index (κ2) is 6.86. The van der Waals surface area contributed by atoms with Crippen LogP contribution in [0.2, 0.25) is 5.02 Å². The summed E-state index contributed by atoms with van der Waals surface area (Å²) in [6, 6.07) is 14.6. The fraction of sp³-hybridized carbons (Fsp3) is 0.136. The molecule has 0 spiro atoms. The highest BCUT2D eigenvalue weighted by Crippen LogP contribution is 2.42. The standard InChI is InChI=1S/C22H16ClNO4/c23-15-5-3-14(4-6-15)10-20-21(25)17-7-8-19-18(22(17)28-20)12-24(13-27-19)11-16-2-1-9-26-16/h1-10H,11-13H2/b20-10-. The summed E-state index contributed by atoms with van der Waals surface area (Å²) in [7, 11) is 0. The van der Waals surface area contributed by atoms with Gasteiger partial charge in [-0.25, -0.2) is 0 Å². The molecule has 6 heteroatoms. The monoisotopic (exact) mass is 393 g/mol. The van der Waals surface area contributed by atoms with E-state index in [0.717, 1.165) is 22.6 Å². The first-order chi connectivity index (χ1) is 13.7. The van der Waals surface area contributed by atoms with Crippen LogP contribution in [0.25, 0.3) is 6.08 Å². The van der Waals surface area contributed by atoms with Crippen molar-refractivity contribution in [1.29, 1.82) is 0 Å². The minimum atomic E-state index is -0.129. The molecule has 5 rings (SSSR count). The van der Waals surface area contributed by atoms with E-state index in [-0.39, 0.29) is 5.78 Å². The molecule has 0 saturated heterocycles. The molecule has 2 aliphatic rings. The molecule has 0 bridgehead atoms. The summed E-state index contributed by atoms with van der Waals surface area (Å²) in [5.74, 6) is 2.35. The Morgan fingerprint density at radius 1 is 1.11 bits per heavy atom. The maximum atomic E-state index is 12.8. The predicted octanol–water partition coefficient (Wildman–Crippen LogP) is 4.90. The van der Waals surface area contributed by atoms with Crippen LogP contribution in [-0.4, -0.2) is 17.4 Å². The van der Waals surface area contributed by atoms with Crippen LogP contribution in [0.3, 0.4) is 0 Å². The molecule has 0 aliphatic carbocycles. The second-order valence-corrected chi connectivity index (χ2v) is 7.19. The van der Waals surface area contributed by atoms with E-state index in [0.29, 0.717) is 41.9 Å². The molecule has 0 unspecified atom stereocenters. The van der Waals surface area contributed by atoms with Crippen LogP contribution in [-0.2, 0) is 13.1 Å². The first kappa shape index (κ1) is 17.1. The number of furan rings is 1. The average molecular weight is 394 g/mol. The molecule has 140 valence electrons. The van der Waals surface area contributed by atoms with Crippen molar-refractivity contribution in [2.75, 3.05) is 6.73 Å². The summed E-state index contributed by atoms with van der Waals surface area (Å²) in [6.07, 6.45) is 3.39. The van der Waals surface area contributed by atoms with Gasteiger partial charge in [-0.2, -0.15) is 0 Å². The lowest BCUT2D eigenvalue weighted by Gasteiger charge is -2.29. The number of benzene rings is 2. The Morgan fingerprint density at radius 3 is 2.75 bits per heavy atom. The van der Waals surface area contributed by atoms with E-state index in [1.165, 1.54) is 0 Å². The molecule has 5 nitrogen and oxygen atoms in total. The van der Waals surface area contributed by atoms with Crippen LogP contribution in [0.15, 0.2) is 65.0 Å². The van der Waals surface area contributed by atoms with Crippen LogP contribution in [0.1, 0.15) is 27.2 Å². The fourth-order valence-corrected chi connectivity index (χ4v) is 3.57. The maximum Gasteiger partial charge on any atom is 0.231 e. The largest absolute Gasteiger partial charge is 0.478 e. The highest BCUT2D eigenvalue weighted by Gasteiger charge is 2.33. The summed E-state index contributed by atoms with van der Waals surface area (Å²) in [6.45, 7) is 1.69. The van der Waals surface area contributed by atoms with Crippen molar-refractivity contribution in [3.05, 3.63) is 88.0 Å². The third-order valence-electron chi connectivity index (χ3n) is 4.81. The van der Waals surface area contributed by atoms with Crippen molar-refractivity contribution < 1.29 is 18.7 Å². The second-order valence-electron chi connectivity index (χ2n) is 6.75. The van der Waals surface area contributed by atoms with Crippen molar-refractivity contribution >= 4 is 23.5 Å². The fourth-order valence-electron chi connectivity index (χ4n) is 3.44. The number of ketones is 1. The van der Waals surface area contributed by atoms with E-state index >= 15 is 0 Å². The lowest BCUT2D eigenvalue weighted by Crippen LogP contribution is -2.31. The average Bonchev–Trinajstić information content (AvgIpc) is 3.32. The molecule has 2 aliphatic heterocycles. The minimum Gasteiger partial charge on any atom is -0.478 e. The number of Topliss-reactive ketones (excluding diaryl/α,β-unsaturated/α-hetero) is 1. The molecule has 2 aromatic carbocycles. The number of halogens is 1. The van der Waals surface area contributed by atoms with Crippen LogP contribution in [0, 0.1) is 0 Å². The molecular weight excluding hydrogens is 378 g/mol. The summed E-state index contributed by atoms with van der Waals surface area (Å²) < 4.78 is 17.3. The van der Waals surface area contributed by atoms with Crippen molar-refractivity contribution in [2.24, 2.45) is 0 Å². The molecule has 0 amide bonds. The summed E-state index contributed by atoms with van der Waals surface area (Å²) in [5, 5.41) is 0.645. The van der Waals surface area contributed by atoms with Gasteiger partial charge in [0, 0.05) is 11.6 Å². The number of fused-ring (bicyclic) bond motifs is 3. The van der Waals surface area contributed by atoms with Gasteiger partial charge in [0.05, 0.1) is 23.9 Å². The van der Waals surface area contributed by atoms with E-state index in [2.05, 4.69) is 4.90 Å². The van der Waals surface area contributed by atoms with Gasteiger partial charge in [-0.3, -0.25) is 9.69 Å². The van der Waals surface area contributed by atoms with E-state index in [9.17, 15) is 4.79 Å². The van der Waals surface area contributed by atoms with E-state index < -0.39 is 0 Å². The molecule has 1 aromatic heterocycles. The van der Waals surface area contributed by atoms with Crippen LogP contribution in [0.5, 0.6) is 11.5 Å². The Bertz CT molecular complexity index is 1070. The number of rotatable bonds is 3. The van der Waals surface area contributed by atoms with E-state index in [4.69, 9.17) is 25.5 Å². The maximum absolute atomic E-state index is 12.8. The topological polar surface area (TPSA) is 51.9 Å². The molecule has 0 fully saturated rings. The lowest BCUT2D eigenvalue weighted by molar-refractivity contribution is 0.0810. The summed E-state index contributed by atoms with van der Waals surface area (Å²) >= 11 is 5.93. The Balaban J connectivity index is 1.44. The zero-order valence-corrected chi connectivity index (χ0v) is 15.6. The number of hydrogen-bond acceptors (Lipinski definition) is 5. The van der Waals surface area contributed by atoms with Gasteiger partial charge in [-0.1, -0.05) is 23.7 Å². The first-order valence-electron chi connectivity index (χ1n) is 8.90. The van der Waals surface area contributed by atoms with Crippen molar-refractivity contribution in [2.45, 2.75) is 13.1 Å². The van der Waals surface area contributed by atoms with Crippen LogP contribution < -0.4 is 9.47 Å². The quantitative estimate of drug-likeness (QED) is 0.592. The predicted molar refractivity (Wildman–Crippen MR) is 104 cm³/mol. The number of carbonyl (C=O) groups excluding carboxylic acids is 1. The molecule has 0 saturated carbocycles. The third kappa shape index (κ3) is 3.09. The summed E-state index contributed by atoms with van der Waals surface area (Å²) in [5.41, 5.74) is 2.29. The zero-order chi connectivity index (χ0) is 19.1. The molecular formula is C22H16ClNO4. The highest BCUT2D eigenvalue weighted by atomic mass is 35.5. The molecule has 0 N–H and O–H groups in total. The van der Waals surface area contributed by atoms with E-state index in [1.54, 1.807) is 30.5 Å². The number of carbonyl (C=O) groups is 1. The van der Waals surface area contributed by atoms with Gasteiger partial charge >= 0.3 is 0 Å². The summed E-state index contributed by atoms with van der Waals surface area (Å²) in [4.78, 5) is 14.9. The Morgan fingerprint density at radius 2 is 1.96 bits per heavy atom. The highest BCUT2D eigenvalue weighted by molar-refractivity contribution is 6.30. The normalized spacial score (nSPS) is 17.2. The third-order valence-corrected chi connectivity index (χ3v) is 5.06. The number of ether oxygens (including phenoxy) is 2. The zero-order valence-electron chi connectivity index (χ0n) is 14.9. The molecule has 3 aromatic rings. The Kier molecular flexibility index (Phi) is 4.19. The molecule has 3 heterocycles. The van der Waals surface area contributed by atoms with Gasteiger partial charge in [-0.15, -0.1) is 0 Å². The van der Waals surface area contributed by atoms with Crippen LogP contribution >= 0.6 is 11.6 Å². The molecule has 28 heavy (non-hydrogen) atoms.